The molecule has 0 aliphatic carbocycles. The highest BCUT2D eigenvalue weighted by Crippen LogP contribution is 2.43. The molecule has 0 N–H and O–H groups in total. The predicted molar refractivity (Wildman–Crippen MR) is 180 cm³/mol. The minimum absolute atomic E-state index is 0.0174. The lowest BCUT2D eigenvalue weighted by Crippen LogP contribution is -2.49. The maximum absolute atomic E-state index is 17.2. The first-order valence-electron chi connectivity index (χ1n) is 17.4. The second-order valence-electron chi connectivity index (χ2n) is 14.3. The zero-order valence-electron chi connectivity index (χ0n) is 28.3. The molecule has 3 atom stereocenters. The quantitative estimate of drug-likeness (QED) is 0.169. The number of rotatable bonds is 6. The Balaban J connectivity index is 1.32. The number of benzene rings is 2. The number of alkyl halides is 1. The Labute approximate surface area is 287 Å². The van der Waals surface area contributed by atoms with Gasteiger partial charge in [0.25, 0.3) is 0 Å². The Morgan fingerprint density at radius 2 is 1.92 bits per heavy atom. The third-order valence-corrected chi connectivity index (χ3v) is 10.7. The van der Waals surface area contributed by atoms with Gasteiger partial charge in [0, 0.05) is 44.8 Å². The van der Waals surface area contributed by atoms with Crippen molar-refractivity contribution >= 4 is 33.5 Å². The Bertz CT molecular complexity index is 1980. The molecule has 4 aromatic rings. The van der Waals surface area contributed by atoms with Gasteiger partial charge in [-0.15, -0.1) is 0 Å². The Hall–Kier alpha value is -4.23. The van der Waals surface area contributed by atoms with E-state index in [1.165, 1.54) is 19.4 Å². The summed E-state index contributed by atoms with van der Waals surface area (Å²) in [5.74, 6) is -0.776. The third kappa shape index (κ3) is 5.87. The molecule has 0 unspecified atom stereocenters. The van der Waals surface area contributed by atoms with Crippen LogP contribution in [0.3, 0.4) is 0 Å². The minimum atomic E-state index is -0.938. The average Bonchev–Trinajstić information content (AvgIpc) is 3.62. The number of ether oxygens (including phenoxy) is 4. The van der Waals surface area contributed by atoms with E-state index in [9.17, 15) is 9.18 Å². The number of esters is 1. The van der Waals surface area contributed by atoms with Crippen LogP contribution in [-0.4, -0.2) is 89.8 Å². The number of hydrogen-bond acceptors (Lipinski definition) is 10. The zero-order valence-corrected chi connectivity index (χ0v) is 28.3. The van der Waals surface area contributed by atoms with Gasteiger partial charge in [0.1, 0.15) is 47.0 Å². The van der Waals surface area contributed by atoms with E-state index in [4.69, 9.17) is 23.9 Å². The number of pyridine rings is 1. The van der Waals surface area contributed by atoms with Crippen molar-refractivity contribution in [2.45, 2.75) is 75.6 Å². The number of methoxy groups -OCH3 is 1. The lowest BCUT2D eigenvalue weighted by atomic mass is 9.92. The maximum Gasteiger partial charge on any atom is 0.319 e. The van der Waals surface area contributed by atoms with Crippen LogP contribution in [-0.2, 0) is 20.7 Å². The van der Waals surface area contributed by atoms with Gasteiger partial charge in [-0.3, -0.25) is 14.7 Å². The molecule has 5 aliphatic rings. The molecule has 3 fully saturated rings. The molecular formula is C37H40F3N5O5. The highest BCUT2D eigenvalue weighted by molar-refractivity contribution is 6.02. The summed E-state index contributed by atoms with van der Waals surface area (Å²) >= 11 is 0. The van der Waals surface area contributed by atoms with Crippen molar-refractivity contribution in [3.8, 4) is 23.0 Å². The first-order valence-corrected chi connectivity index (χ1v) is 17.4. The molecule has 10 nitrogen and oxygen atoms in total. The molecule has 50 heavy (non-hydrogen) atoms. The van der Waals surface area contributed by atoms with Gasteiger partial charge in [-0.2, -0.15) is 9.97 Å². The van der Waals surface area contributed by atoms with E-state index >= 15 is 8.78 Å². The van der Waals surface area contributed by atoms with Crippen LogP contribution in [0.1, 0.15) is 57.4 Å². The molecule has 3 saturated heterocycles. The normalized spacial score (nSPS) is 25.4. The molecule has 264 valence electrons. The van der Waals surface area contributed by atoms with Gasteiger partial charge in [-0.05, 0) is 86.5 Å². The average molecular weight is 692 g/mol. The van der Waals surface area contributed by atoms with E-state index < -0.39 is 28.9 Å². The molecule has 13 heteroatoms. The van der Waals surface area contributed by atoms with Gasteiger partial charge in [0.2, 0.25) is 0 Å². The number of hydrogen-bond donors (Lipinski definition) is 0. The van der Waals surface area contributed by atoms with Crippen LogP contribution in [0.5, 0.6) is 11.8 Å². The standard InChI is InChI=1S/C37H40F3N5O5/c1-36-10-4-12-44(19-36)34-27-17-41-32(31(40)33(27)42-35(43-34)48-20-37-11-5-13-45(37)18-23(38)16-37)26-15-24(49-21-47-2)14-22-8-9-28(39)25(30(22)26)6-3-7-29(46)50-36/h8-9,14-15,17,23H,3-7,10-13,16,18-21H2,1-2H3/t23-,36-,37+/m1/s1. The van der Waals surface area contributed by atoms with E-state index in [2.05, 4.69) is 14.9 Å². The molecule has 0 spiro atoms. The fourth-order valence-corrected chi connectivity index (χ4v) is 8.50. The number of carbonyl (C=O) groups excluding carboxylic acids is 1. The molecule has 7 heterocycles. The van der Waals surface area contributed by atoms with Gasteiger partial charge in [-0.25, -0.2) is 13.2 Å². The lowest BCUT2D eigenvalue weighted by Gasteiger charge is -2.40. The van der Waals surface area contributed by atoms with Crippen molar-refractivity contribution < 1.29 is 36.9 Å². The second kappa shape index (κ2) is 12.8. The van der Waals surface area contributed by atoms with Gasteiger partial charge < -0.3 is 23.8 Å². The van der Waals surface area contributed by atoms with Crippen molar-refractivity contribution in [1.29, 1.82) is 0 Å². The number of piperidine rings is 1. The number of aryl methyl sites for hydroxylation is 1. The summed E-state index contributed by atoms with van der Waals surface area (Å²) in [7, 11) is 1.49. The maximum atomic E-state index is 17.2. The molecule has 2 aromatic carbocycles. The van der Waals surface area contributed by atoms with Crippen molar-refractivity contribution in [3.63, 3.8) is 0 Å². The summed E-state index contributed by atoms with van der Waals surface area (Å²) in [6.45, 7) is 4.06. The van der Waals surface area contributed by atoms with E-state index in [0.29, 0.717) is 84.2 Å². The molecule has 6 bridgehead atoms. The highest BCUT2D eigenvalue weighted by atomic mass is 19.1. The van der Waals surface area contributed by atoms with Crippen LogP contribution in [0.25, 0.3) is 32.9 Å². The van der Waals surface area contributed by atoms with E-state index in [1.807, 2.05) is 11.8 Å². The van der Waals surface area contributed by atoms with E-state index in [1.54, 1.807) is 18.2 Å². The van der Waals surface area contributed by atoms with Crippen molar-refractivity contribution in [3.05, 3.63) is 47.7 Å². The summed E-state index contributed by atoms with van der Waals surface area (Å²) in [5.41, 5.74) is -0.715. The molecular weight excluding hydrogens is 651 g/mol. The van der Waals surface area contributed by atoms with Gasteiger partial charge >= 0.3 is 12.0 Å². The Kier molecular flexibility index (Phi) is 8.45. The first-order chi connectivity index (χ1) is 24.1. The summed E-state index contributed by atoms with van der Waals surface area (Å²) in [4.78, 5) is 31.4. The number of carbonyl (C=O) groups is 1. The van der Waals surface area contributed by atoms with Crippen LogP contribution in [0.15, 0.2) is 30.5 Å². The number of nitrogens with zero attached hydrogens (tertiary/aromatic N) is 5. The molecule has 0 radical (unpaired) electrons. The zero-order chi connectivity index (χ0) is 34.6. The summed E-state index contributed by atoms with van der Waals surface area (Å²) in [6.07, 6.45) is 4.65. The highest BCUT2D eigenvalue weighted by Gasteiger charge is 2.49. The number of anilines is 1. The topological polar surface area (TPSA) is 99.1 Å². The lowest BCUT2D eigenvalue weighted by molar-refractivity contribution is -0.159. The number of halogens is 3. The van der Waals surface area contributed by atoms with E-state index in [-0.39, 0.29) is 49.4 Å². The third-order valence-electron chi connectivity index (χ3n) is 10.7. The largest absolute Gasteiger partial charge is 0.468 e. The van der Waals surface area contributed by atoms with Crippen LogP contribution in [0.2, 0.25) is 0 Å². The van der Waals surface area contributed by atoms with Gasteiger partial charge in [-0.1, -0.05) is 6.07 Å². The summed E-state index contributed by atoms with van der Waals surface area (Å²) in [5, 5.41) is 1.43. The Morgan fingerprint density at radius 3 is 2.78 bits per heavy atom. The Morgan fingerprint density at radius 1 is 1.06 bits per heavy atom. The van der Waals surface area contributed by atoms with Crippen molar-refractivity contribution in [2.24, 2.45) is 0 Å². The minimum Gasteiger partial charge on any atom is -0.468 e. The smallest absolute Gasteiger partial charge is 0.319 e. The summed E-state index contributed by atoms with van der Waals surface area (Å²) < 4.78 is 70.7. The first kappa shape index (κ1) is 32.9. The van der Waals surface area contributed by atoms with Gasteiger partial charge in [0.05, 0.1) is 17.5 Å². The molecule has 2 aromatic heterocycles. The number of fused-ring (bicyclic) bond motifs is 6. The van der Waals surface area contributed by atoms with E-state index in [0.717, 1.165) is 19.4 Å². The second-order valence-corrected chi connectivity index (χ2v) is 14.3. The summed E-state index contributed by atoms with van der Waals surface area (Å²) in [6, 6.07) is 6.30. The SMILES string of the molecule is COCOc1cc2c3c(c(F)ccc3c1)CCCC(=O)O[C@]1(C)CCCN(C1)c1nc(OC[C@@]34CCCN3C[C@H](F)C4)nc3c(F)c-2ncc13. The van der Waals surface area contributed by atoms with Crippen LogP contribution < -0.4 is 14.4 Å². The van der Waals surface area contributed by atoms with Crippen LogP contribution in [0, 0.1) is 11.6 Å². The van der Waals surface area contributed by atoms with Gasteiger partial charge in [0.15, 0.2) is 12.6 Å². The molecule has 0 saturated carbocycles. The van der Waals surface area contributed by atoms with Crippen molar-refractivity contribution in [2.75, 3.05) is 51.6 Å². The molecule has 0 amide bonds. The molecule has 9 rings (SSSR count). The monoisotopic (exact) mass is 691 g/mol. The predicted octanol–water partition coefficient (Wildman–Crippen LogP) is 6.30. The molecule has 5 aliphatic heterocycles. The fourth-order valence-electron chi connectivity index (χ4n) is 8.50. The number of aromatic nitrogens is 3. The fraction of sp³-hybridized carbons (Fsp3) is 0.514. The van der Waals surface area contributed by atoms with Crippen LogP contribution in [0.4, 0.5) is 19.0 Å². The van der Waals surface area contributed by atoms with Crippen LogP contribution >= 0.6 is 0 Å². The van der Waals surface area contributed by atoms with Crippen molar-refractivity contribution in [1.82, 2.24) is 19.9 Å².